The Bertz CT molecular complexity index is 1100. The molecule has 164 valence electrons. The van der Waals surface area contributed by atoms with Crippen LogP contribution in [0, 0.1) is 18.8 Å². The standard InChI is InChI=1S/C27H29N3O2/c1-18-6-4-5-7-25(18)26(15-27(29-32)23-12-13-28-19(2)14-23)22-10-8-21(9-11-22)24-16-30(17-24)20(3)31/h4-14,24,26-27H,15-17H2,1-3H3/t26-,27?/m1/s1. The third-order valence-electron chi connectivity index (χ3n) is 6.59. The van der Waals surface area contributed by atoms with Gasteiger partial charge in [0.2, 0.25) is 5.91 Å². The number of amides is 1. The Morgan fingerprint density at radius 3 is 2.41 bits per heavy atom. The van der Waals surface area contributed by atoms with Gasteiger partial charge in [-0.05, 0) is 60.2 Å². The second-order valence-electron chi connectivity index (χ2n) is 8.78. The SMILES string of the molecule is CC(=O)N1CC(c2ccc([C@@H](CC(N=O)c3ccnc(C)c3)c3ccccc3C)cc2)C1. The van der Waals surface area contributed by atoms with Crippen LogP contribution in [-0.2, 0) is 4.79 Å². The molecule has 1 aromatic heterocycles. The van der Waals surface area contributed by atoms with E-state index in [1.165, 1.54) is 22.3 Å². The zero-order valence-electron chi connectivity index (χ0n) is 18.9. The molecule has 5 nitrogen and oxygen atoms in total. The van der Waals surface area contributed by atoms with Gasteiger partial charge in [-0.15, -0.1) is 0 Å². The van der Waals surface area contributed by atoms with Crippen molar-refractivity contribution in [2.75, 3.05) is 13.1 Å². The lowest BCUT2D eigenvalue weighted by Crippen LogP contribution is -2.47. The summed E-state index contributed by atoms with van der Waals surface area (Å²) in [6, 6.07) is 20.4. The smallest absolute Gasteiger partial charge is 0.219 e. The molecular formula is C27H29N3O2. The highest BCUT2D eigenvalue weighted by atomic mass is 16.3. The van der Waals surface area contributed by atoms with Gasteiger partial charge in [-0.2, -0.15) is 4.91 Å². The Morgan fingerprint density at radius 2 is 1.78 bits per heavy atom. The van der Waals surface area contributed by atoms with Crippen LogP contribution in [0.4, 0.5) is 0 Å². The van der Waals surface area contributed by atoms with Crippen molar-refractivity contribution in [1.29, 1.82) is 0 Å². The monoisotopic (exact) mass is 427 g/mol. The van der Waals surface area contributed by atoms with Gasteiger partial charge in [0.15, 0.2) is 0 Å². The van der Waals surface area contributed by atoms with Gasteiger partial charge in [-0.3, -0.25) is 9.78 Å². The summed E-state index contributed by atoms with van der Waals surface area (Å²) in [6.45, 7) is 7.23. The number of rotatable bonds is 7. The summed E-state index contributed by atoms with van der Waals surface area (Å²) in [5.41, 5.74) is 6.63. The van der Waals surface area contributed by atoms with Crippen LogP contribution in [0.1, 0.15) is 64.7 Å². The number of hydrogen-bond acceptors (Lipinski definition) is 4. The maximum atomic E-state index is 11.9. The van der Waals surface area contributed by atoms with Gasteiger partial charge in [-0.1, -0.05) is 53.7 Å². The molecule has 1 saturated heterocycles. The van der Waals surface area contributed by atoms with Crippen LogP contribution >= 0.6 is 0 Å². The summed E-state index contributed by atoms with van der Waals surface area (Å²) in [6.07, 6.45) is 2.34. The summed E-state index contributed by atoms with van der Waals surface area (Å²) in [5.74, 6) is 0.585. The lowest BCUT2D eigenvalue weighted by molar-refractivity contribution is -0.133. The highest BCUT2D eigenvalue weighted by Crippen LogP contribution is 2.38. The van der Waals surface area contributed by atoms with Crippen molar-refractivity contribution < 1.29 is 4.79 Å². The van der Waals surface area contributed by atoms with E-state index in [0.29, 0.717) is 12.3 Å². The van der Waals surface area contributed by atoms with E-state index >= 15 is 0 Å². The van der Waals surface area contributed by atoms with Gasteiger partial charge in [0.1, 0.15) is 6.04 Å². The van der Waals surface area contributed by atoms with Crippen LogP contribution in [0.2, 0.25) is 0 Å². The molecule has 1 aliphatic rings. The normalized spacial score (nSPS) is 15.7. The molecule has 0 saturated carbocycles. The number of pyridine rings is 1. The summed E-state index contributed by atoms with van der Waals surface area (Å²) in [4.78, 5) is 29.5. The number of nitroso groups, excluding NO2 is 1. The van der Waals surface area contributed by atoms with Crippen molar-refractivity contribution in [3.8, 4) is 0 Å². The number of benzene rings is 2. The zero-order valence-corrected chi connectivity index (χ0v) is 18.9. The maximum absolute atomic E-state index is 11.9. The molecular weight excluding hydrogens is 398 g/mol. The molecule has 4 rings (SSSR count). The average molecular weight is 428 g/mol. The fourth-order valence-corrected chi connectivity index (χ4v) is 4.61. The number of aryl methyl sites for hydroxylation is 2. The fraction of sp³-hybridized carbons (Fsp3) is 0.333. The molecule has 3 aromatic rings. The van der Waals surface area contributed by atoms with E-state index in [9.17, 15) is 9.70 Å². The van der Waals surface area contributed by atoms with E-state index in [-0.39, 0.29) is 11.8 Å². The Morgan fingerprint density at radius 1 is 1.06 bits per heavy atom. The van der Waals surface area contributed by atoms with Gasteiger partial charge in [0.05, 0.1) is 0 Å². The number of hydrogen-bond donors (Lipinski definition) is 0. The first-order valence-electron chi connectivity index (χ1n) is 11.1. The van der Waals surface area contributed by atoms with Crippen molar-refractivity contribution in [3.05, 3.63) is 105 Å². The molecule has 1 aliphatic heterocycles. The van der Waals surface area contributed by atoms with Gasteiger partial charge in [0, 0.05) is 43.7 Å². The van der Waals surface area contributed by atoms with E-state index in [0.717, 1.165) is 24.3 Å². The third kappa shape index (κ3) is 4.62. The molecule has 0 N–H and O–H groups in total. The fourth-order valence-electron chi connectivity index (χ4n) is 4.61. The maximum Gasteiger partial charge on any atom is 0.219 e. The van der Waals surface area contributed by atoms with Crippen LogP contribution in [-0.4, -0.2) is 28.9 Å². The molecule has 2 heterocycles. The van der Waals surface area contributed by atoms with E-state index in [2.05, 4.69) is 53.5 Å². The number of likely N-dealkylation sites (tertiary alicyclic amines) is 1. The summed E-state index contributed by atoms with van der Waals surface area (Å²) in [7, 11) is 0. The molecule has 1 unspecified atom stereocenters. The number of carbonyl (C=O) groups excluding carboxylic acids is 1. The predicted molar refractivity (Wildman–Crippen MR) is 127 cm³/mol. The molecule has 2 atom stereocenters. The van der Waals surface area contributed by atoms with Crippen LogP contribution in [0.25, 0.3) is 0 Å². The van der Waals surface area contributed by atoms with Crippen molar-refractivity contribution in [2.45, 2.75) is 45.1 Å². The third-order valence-corrected chi connectivity index (χ3v) is 6.59. The second-order valence-corrected chi connectivity index (χ2v) is 8.78. The Balaban J connectivity index is 1.62. The van der Waals surface area contributed by atoms with E-state index in [4.69, 9.17) is 0 Å². The second kappa shape index (κ2) is 9.43. The van der Waals surface area contributed by atoms with Gasteiger partial charge >= 0.3 is 0 Å². The van der Waals surface area contributed by atoms with E-state index in [1.807, 2.05) is 36.1 Å². The highest BCUT2D eigenvalue weighted by molar-refractivity contribution is 5.74. The largest absolute Gasteiger partial charge is 0.342 e. The topological polar surface area (TPSA) is 62.6 Å². The van der Waals surface area contributed by atoms with Crippen LogP contribution in [0.5, 0.6) is 0 Å². The molecule has 1 amide bonds. The first-order chi connectivity index (χ1) is 15.5. The number of carbonyl (C=O) groups is 1. The molecule has 32 heavy (non-hydrogen) atoms. The first kappa shape index (κ1) is 21.9. The summed E-state index contributed by atoms with van der Waals surface area (Å²) in [5, 5.41) is 3.50. The lowest BCUT2D eigenvalue weighted by Gasteiger charge is -2.39. The molecule has 0 spiro atoms. The van der Waals surface area contributed by atoms with Crippen LogP contribution in [0.3, 0.4) is 0 Å². The lowest BCUT2D eigenvalue weighted by atomic mass is 9.81. The Hall–Kier alpha value is -3.34. The molecule has 0 bridgehead atoms. The first-order valence-corrected chi connectivity index (χ1v) is 11.1. The van der Waals surface area contributed by atoms with Gasteiger partial charge in [0.25, 0.3) is 0 Å². The Kier molecular flexibility index (Phi) is 6.45. The minimum absolute atomic E-state index is 0.0523. The average Bonchev–Trinajstić information content (AvgIpc) is 2.75. The van der Waals surface area contributed by atoms with Crippen LogP contribution < -0.4 is 0 Å². The van der Waals surface area contributed by atoms with Crippen molar-refractivity contribution >= 4 is 5.91 Å². The molecule has 0 aliphatic carbocycles. The summed E-state index contributed by atoms with van der Waals surface area (Å²) < 4.78 is 0. The van der Waals surface area contributed by atoms with E-state index in [1.54, 1.807) is 13.1 Å². The van der Waals surface area contributed by atoms with E-state index < -0.39 is 6.04 Å². The minimum atomic E-state index is -0.447. The number of nitrogens with zero attached hydrogens (tertiary/aromatic N) is 3. The van der Waals surface area contributed by atoms with Crippen molar-refractivity contribution in [3.63, 3.8) is 0 Å². The predicted octanol–water partition coefficient (Wildman–Crippen LogP) is 5.67. The van der Waals surface area contributed by atoms with Crippen molar-refractivity contribution in [1.82, 2.24) is 9.88 Å². The highest BCUT2D eigenvalue weighted by Gasteiger charge is 2.30. The number of aromatic nitrogens is 1. The molecule has 2 aromatic carbocycles. The molecule has 5 heteroatoms. The molecule has 1 fully saturated rings. The van der Waals surface area contributed by atoms with Crippen LogP contribution in [0.15, 0.2) is 72.0 Å². The van der Waals surface area contributed by atoms with Gasteiger partial charge < -0.3 is 4.90 Å². The van der Waals surface area contributed by atoms with Gasteiger partial charge in [-0.25, -0.2) is 0 Å². The quantitative estimate of drug-likeness (QED) is 0.456. The zero-order chi connectivity index (χ0) is 22.7. The van der Waals surface area contributed by atoms with Crippen molar-refractivity contribution in [2.24, 2.45) is 5.18 Å². The minimum Gasteiger partial charge on any atom is -0.342 e. The summed E-state index contributed by atoms with van der Waals surface area (Å²) >= 11 is 0. The Labute approximate surface area is 189 Å². The molecule has 0 radical (unpaired) electrons.